The molecule has 0 aliphatic heterocycles. The van der Waals surface area contributed by atoms with Crippen LogP contribution >= 0.6 is 0 Å². The van der Waals surface area contributed by atoms with Gasteiger partial charge in [0, 0.05) is 19.8 Å². The van der Waals surface area contributed by atoms with Crippen LogP contribution in [0.4, 0.5) is 0 Å². The Morgan fingerprint density at radius 2 is 1.95 bits per heavy atom. The summed E-state index contributed by atoms with van der Waals surface area (Å²) in [7, 11) is 1.68. The van der Waals surface area contributed by atoms with E-state index in [1.54, 1.807) is 24.1 Å². The first-order valence-corrected chi connectivity index (χ1v) is 5.64. The quantitative estimate of drug-likeness (QED) is 0.868. The Labute approximate surface area is 109 Å². The number of H-pyrrole nitrogens is 1. The molecule has 19 heavy (non-hydrogen) atoms. The number of nitrogens with zero attached hydrogens (tertiary/aromatic N) is 2. The highest BCUT2D eigenvalue weighted by molar-refractivity contribution is 5.93. The molecule has 0 aliphatic rings. The minimum atomic E-state index is -0.964. The topological polar surface area (TPSA) is 86.3 Å². The van der Waals surface area contributed by atoms with Gasteiger partial charge in [-0.2, -0.15) is 5.10 Å². The predicted octanol–water partition coefficient (Wildman–Crippen LogP) is 1.38. The van der Waals surface area contributed by atoms with E-state index in [2.05, 4.69) is 10.2 Å². The smallest absolute Gasteiger partial charge is 0.335 e. The summed E-state index contributed by atoms with van der Waals surface area (Å²) in [5.74, 6) is -1.11. The number of hydrogen-bond acceptors (Lipinski definition) is 3. The molecule has 6 nitrogen and oxygen atoms in total. The van der Waals surface area contributed by atoms with E-state index in [0.29, 0.717) is 12.1 Å². The van der Waals surface area contributed by atoms with Crippen LogP contribution in [0.15, 0.2) is 36.7 Å². The number of rotatable bonds is 4. The lowest BCUT2D eigenvalue weighted by molar-refractivity contribution is 0.0695. The molecule has 0 saturated heterocycles. The maximum atomic E-state index is 12.0. The number of carboxylic acid groups (broad SMARTS) is 1. The summed E-state index contributed by atoms with van der Waals surface area (Å²) >= 11 is 0. The van der Waals surface area contributed by atoms with Crippen molar-refractivity contribution in [3.63, 3.8) is 0 Å². The van der Waals surface area contributed by atoms with Gasteiger partial charge in [-0.1, -0.05) is 12.1 Å². The average Bonchev–Trinajstić information content (AvgIpc) is 2.92. The minimum absolute atomic E-state index is 0.143. The molecule has 2 aromatic rings. The van der Waals surface area contributed by atoms with Gasteiger partial charge in [0.15, 0.2) is 0 Å². The lowest BCUT2D eigenvalue weighted by atomic mass is 10.1. The lowest BCUT2D eigenvalue weighted by Gasteiger charge is -2.16. The monoisotopic (exact) mass is 259 g/mol. The molecule has 0 fully saturated rings. The number of amides is 1. The second-order valence-electron chi connectivity index (χ2n) is 4.15. The number of aromatic nitrogens is 2. The zero-order valence-electron chi connectivity index (χ0n) is 10.3. The van der Waals surface area contributed by atoms with Gasteiger partial charge in [0.2, 0.25) is 0 Å². The maximum absolute atomic E-state index is 12.0. The second kappa shape index (κ2) is 5.34. The van der Waals surface area contributed by atoms with Gasteiger partial charge >= 0.3 is 5.97 Å². The molecule has 0 unspecified atom stereocenters. The van der Waals surface area contributed by atoms with E-state index in [-0.39, 0.29) is 11.5 Å². The van der Waals surface area contributed by atoms with Crippen LogP contribution in [0.3, 0.4) is 0 Å². The molecule has 0 saturated carbocycles. The molecule has 1 aromatic carbocycles. The van der Waals surface area contributed by atoms with Crippen molar-refractivity contribution in [2.24, 2.45) is 0 Å². The van der Waals surface area contributed by atoms with Crippen LogP contribution in [-0.4, -0.2) is 39.1 Å². The van der Waals surface area contributed by atoms with E-state index in [1.165, 1.54) is 24.5 Å². The first-order valence-electron chi connectivity index (χ1n) is 5.64. The third-order valence-electron chi connectivity index (χ3n) is 2.71. The van der Waals surface area contributed by atoms with Crippen LogP contribution < -0.4 is 0 Å². The molecule has 0 bridgehead atoms. The summed E-state index contributed by atoms with van der Waals surface area (Å²) in [6.45, 7) is 0.407. The van der Waals surface area contributed by atoms with Crippen molar-refractivity contribution in [3.8, 4) is 0 Å². The zero-order chi connectivity index (χ0) is 13.8. The Morgan fingerprint density at radius 1 is 1.26 bits per heavy atom. The van der Waals surface area contributed by atoms with Crippen LogP contribution in [0.25, 0.3) is 0 Å². The van der Waals surface area contributed by atoms with Crippen LogP contribution in [0.5, 0.6) is 0 Å². The SMILES string of the molecule is CN(Cc1ccc(C(=O)O)cc1)C(=O)c1cn[nH]c1. The molecule has 1 aromatic heterocycles. The zero-order valence-corrected chi connectivity index (χ0v) is 10.3. The average molecular weight is 259 g/mol. The van der Waals surface area contributed by atoms with Gasteiger partial charge in [0.25, 0.3) is 5.91 Å². The highest BCUT2D eigenvalue weighted by Gasteiger charge is 2.13. The van der Waals surface area contributed by atoms with Gasteiger partial charge in [-0.05, 0) is 17.7 Å². The minimum Gasteiger partial charge on any atom is -0.478 e. The molecule has 0 radical (unpaired) electrons. The fourth-order valence-corrected chi connectivity index (χ4v) is 1.69. The van der Waals surface area contributed by atoms with Crippen LogP contribution in [0.1, 0.15) is 26.3 Å². The van der Waals surface area contributed by atoms with Crippen molar-refractivity contribution in [1.82, 2.24) is 15.1 Å². The Morgan fingerprint density at radius 3 is 2.47 bits per heavy atom. The molecule has 0 aliphatic carbocycles. The number of benzene rings is 1. The number of hydrogen-bond donors (Lipinski definition) is 2. The number of carbonyl (C=O) groups excluding carboxylic acids is 1. The number of carboxylic acids is 1. The van der Waals surface area contributed by atoms with E-state index in [4.69, 9.17) is 5.11 Å². The molecule has 1 amide bonds. The number of carbonyl (C=O) groups is 2. The highest BCUT2D eigenvalue weighted by atomic mass is 16.4. The Hall–Kier alpha value is -2.63. The number of aromatic carboxylic acids is 1. The Bertz CT molecular complexity index is 576. The normalized spacial score (nSPS) is 10.2. The largest absolute Gasteiger partial charge is 0.478 e. The van der Waals surface area contributed by atoms with E-state index in [9.17, 15) is 9.59 Å². The first-order chi connectivity index (χ1) is 9.08. The van der Waals surface area contributed by atoms with Crippen molar-refractivity contribution in [2.45, 2.75) is 6.54 Å². The molecule has 6 heteroatoms. The van der Waals surface area contributed by atoms with Crippen molar-refractivity contribution in [3.05, 3.63) is 53.3 Å². The summed E-state index contributed by atoms with van der Waals surface area (Å²) in [5, 5.41) is 15.1. The van der Waals surface area contributed by atoms with Crippen molar-refractivity contribution < 1.29 is 14.7 Å². The predicted molar refractivity (Wildman–Crippen MR) is 67.8 cm³/mol. The molecule has 2 N–H and O–H groups in total. The van der Waals surface area contributed by atoms with Gasteiger partial charge in [-0.3, -0.25) is 9.89 Å². The van der Waals surface area contributed by atoms with E-state index in [1.807, 2.05) is 0 Å². The van der Waals surface area contributed by atoms with E-state index in [0.717, 1.165) is 5.56 Å². The molecule has 1 heterocycles. The van der Waals surface area contributed by atoms with E-state index < -0.39 is 5.97 Å². The van der Waals surface area contributed by atoms with Crippen LogP contribution in [0, 0.1) is 0 Å². The number of aromatic amines is 1. The van der Waals surface area contributed by atoms with Gasteiger partial charge < -0.3 is 10.0 Å². The summed E-state index contributed by atoms with van der Waals surface area (Å²) in [6, 6.07) is 6.44. The van der Waals surface area contributed by atoms with Crippen LogP contribution in [-0.2, 0) is 6.54 Å². The van der Waals surface area contributed by atoms with Crippen molar-refractivity contribution in [1.29, 1.82) is 0 Å². The summed E-state index contributed by atoms with van der Waals surface area (Å²) < 4.78 is 0. The van der Waals surface area contributed by atoms with Gasteiger partial charge in [-0.15, -0.1) is 0 Å². The fraction of sp³-hybridized carbons (Fsp3) is 0.154. The van der Waals surface area contributed by atoms with E-state index >= 15 is 0 Å². The third kappa shape index (κ3) is 2.98. The van der Waals surface area contributed by atoms with Gasteiger partial charge in [0.1, 0.15) is 0 Å². The summed E-state index contributed by atoms with van der Waals surface area (Å²) in [5.41, 5.74) is 1.58. The maximum Gasteiger partial charge on any atom is 0.335 e. The van der Waals surface area contributed by atoms with Gasteiger partial charge in [-0.25, -0.2) is 4.79 Å². The standard InChI is InChI=1S/C13H13N3O3/c1-16(12(17)11-6-14-15-7-11)8-9-2-4-10(5-3-9)13(18)19/h2-7H,8H2,1H3,(H,14,15)(H,18,19). The third-order valence-corrected chi connectivity index (χ3v) is 2.71. The molecule has 98 valence electrons. The molecule has 2 rings (SSSR count). The molecule has 0 spiro atoms. The highest BCUT2D eigenvalue weighted by Crippen LogP contribution is 2.09. The van der Waals surface area contributed by atoms with Crippen molar-refractivity contribution >= 4 is 11.9 Å². The molecular weight excluding hydrogens is 246 g/mol. The Kier molecular flexibility index (Phi) is 3.61. The van der Waals surface area contributed by atoms with Crippen LogP contribution in [0.2, 0.25) is 0 Å². The number of nitrogens with one attached hydrogen (secondary N) is 1. The summed E-state index contributed by atoms with van der Waals surface area (Å²) in [4.78, 5) is 24.2. The summed E-state index contributed by atoms with van der Waals surface area (Å²) in [6.07, 6.45) is 3.00. The second-order valence-corrected chi connectivity index (χ2v) is 4.15. The van der Waals surface area contributed by atoms with Gasteiger partial charge in [0.05, 0.1) is 17.3 Å². The lowest BCUT2D eigenvalue weighted by Crippen LogP contribution is -2.25. The first kappa shape index (κ1) is 12.8. The fourth-order valence-electron chi connectivity index (χ4n) is 1.69. The van der Waals surface area contributed by atoms with Crippen molar-refractivity contribution in [2.75, 3.05) is 7.05 Å². The molecule has 0 atom stereocenters. The molecular formula is C13H13N3O3. The Balaban J connectivity index is 2.04.